The van der Waals surface area contributed by atoms with Crippen LogP contribution in [0.5, 0.6) is 5.75 Å². The van der Waals surface area contributed by atoms with Crippen LogP contribution in [-0.4, -0.2) is 17.2 Å². The second kappa shape index (κ2) is 7.17. The van der Waals surface area contributed by atoms with E-state index < -0.39 is 5.91 Å². The minimum absolute atomic E-state index is 0.0953. The van der Waals surface area contributed by atoms with Gasteiger partial charge in [-0.2, -0.15) is 0 Å². The van der Waals surface area contributed by atoms with Crippen LogP contribution in [0, 0.1) is 5.82 Å². The number of hydrogen-bond donors (Lipinski definition) is 1. The molecule has 0 aliphatic rings. The van der Waals surface area contributed by atoms with Crippen molar-refractivity contribution in [3.05, 3.63) is 66.1 Å². The first kappa shape index (κ1) is 16.7. The van der Waals surface area contributed by atoms with Gasteiger partial charge in [0.2, 0.25) is 0 Å². The molecule has 1 heterocycles. The number of aromatic nitrogens is 1. The number of hydrogen-bond acceptors (Lipinski definition) is 4. The van der Waals surface area contributed by atoms with Crippen LogP contribution in [-0.2, 0) is 0 Å². The van der Waals surface area contributed by atoms with Crippen LogP contribution in [0.2, 0.25) is 0 Å². The zero-order valence-corrected chi connectivity index (χ0v) is 13.8. The Morgan fingerprint density at radius 1 is 1.12 bits per heavy atom. The van der Waals surface area contributed by atoms with Crippen LogP contribution in [0.1, 0.15) is 24.3 Å². The van der Waals surface area contributed by atoms with E-state index >= 15 is 0 Å². The highest BCUT2D eigenvalue weighted by atomic mass is 19.1. The molecule has 0 saturated heterocycles. The molecule has 1 amide bonds. The fourth-order valence-corrected chi connectivity index (χ4v) is 2.22. The number of nitrogens with zero attached hydrogens (tertiary/aromatic N) is 1. The summed E-state index contributed by atoms with van der Waals surface area (Å²) in [6.45, 7) is 3.91. The molecule has 2 aromatic carbocycles. The quantitative estimate of drug-likeness (QED) is 0.742. The van der Waals surface area contributed by atoms with Gasteiger partial charge in [-0.15, -0.1) is 0 Å². The number of halogens is 1. The number of carbonyl (C=O) groups excluding carboxylic acids is 1. The van der Waals surface area contributed by atoms with E-state index in [9.17, 15) is 9.18 Å². The average molecular weight is 340 g/mol. The number of ether oxygens (including phenoxy) is 1. The number of rotatable bonds is 5. The third-order valence-corrected chi connectivity index (χ3v) is 3.36. The van der Waals surface area contributed by atoms with Gasteiger partial charge >= 0.3 is 0 Å². The Labute approximate surface area is 144 Å². The van der Waals surface area contributed by atoms with E-state index in [1.165, 1.54) is 24.3 Å². The molecule has 1 aromatic heterocycles. The normalized spacial score (nSPS) is 10.7. The molecule has 5 nitrogen and oxygen atoms in total. The molecule has 1 N–H and O–H groups in total. The second-order valence-corrected chi connectivity index (χ2v) is 5.73. The Balaban J connectivity index is 1.71. The molecule has 0 fully saturated rings. The van der Waals surface area contributed by atoms with Gasteiger partial charge in [0, 0.05) is 17.3 Å². The Bertz CT molecular complexity index is 855. The lowest BCUT2D eigenvalue weighted by atomic mass is 10.1. The van der Waals surface area contributed by atoms with Gasteiger partial charge in [-0.05, 0) is 62.4 Å². The van der Waals surface area contributed by atoms with Gasteiger partial charge in [0.15, 0.2) is 11.5 Å². The third-order valence-electron chi connectivity index (χ3n) is 3.36. The summed E-state index contributed by atoms with van der Waals surface area (Å²) in [6, 6.07) is 14.4. The molecule has 6 heteroatoms. The Kier molecular flexibility index (Phi) is 4.79. The maximum atomic E-state index is 12.9. The first-order valence-corrected chi connectivity index (χ1v) is 7.82. The third kappa shape index (κ3) is 4.23. The van der Waals surface area contributed by atoms with Crippen molar-refractivity contribution in [3.63, 3.8) is 0 Å². The maximum Gasteiger partial charge on any atom is 0.277 e. The van der Waals surface area contributed by atoms with Crippen LogP contribution in [0.3, 0.4) is 0 Å². The summed E-state index contributed by atoms with van der Waals surface area (Å²) in [4.78, 5) is 12.2. The van der Waals surface area contributed by atoms with Gasteiger partial charge in [0.1, 0.15) is 11.6 Å². The predicted octanol–water partition coefficient (Wildman–Crippen LogP) is 4.52. The van der Waals surface area contributed by atoms with Crippen LogP contribution < -0.4 is 10.1 Å². The smallest absolute Gasteiger partial charge is 0.277 e. The van der Waals surface area contributed by atoms with Gasteiger partial charge in [0.05, 0.1) is 6.10 Å². The summed E-state index contributed by atoms with van der Waals surface area (Å²) in [5, 5.41) is 6.42. The summed E-state index contributed by atoms with van der Waals surface area (Å²) in [7, 11) is 0. The van der Waals surface area contributed by atoms with Crippen LogP contribution >= 0.6 is 0 Å². The highest BCUT2D eigenvalue weighted by Crippen LogP contribution is 2.24. The highest BCUT2D eigenvalue weighted by molar-refractivity contribution is 6.03. The molecule has 3 rings (SSSR count). The lowest BCUT2D eigenvalue weighted by molar-refractivity contribution is 0.101. The van der Waals surface area contributed by atoms with Gasteiger partial charge in [-0.25, -0.2) is 4.39 Å². The van der Waals surface area contributed by atoms with E-state index in [1.54, 1.807) is 6.07 Å². The van der Waals surface area contributed by atoms with Crippen molar-refractivity contribution in [2.24, 2.45) is 0 Å². The first-order chi connectivity index (χ1) is 12.0. The lowest BCUT2D eigenvalue weighted by Gasteiger charge is -2.09. The van der Waals surface area contributed by atoms with E-state index in [0.717, 1.165) is 11.3 Å². The molecule has 0 unspecified atom stereocenters. The fraction of sp³-hybridized carbons (Fsp3) is 0.158. The molecule has 25 heavy (non-hydrogen) atoms. The van der Waals surface area contributed by atoms with Gasteiger partial charge < -0.3 is 14.6 Å². The molecular formula is C19H17FN2O3. The van der Waals surface area contributed by atoms with Crippen molar-refractivity contribution in [1.82, 2.24) is 5.16 Å². The van der Waals surface area contributed by atoms with Gasteiger partial charge in [0.25, 0.3) is 5.91 Å². The van der Waals surface area contributed by atoms with Crippen molar-refractivity contribution in [1.29, 1.82) is 0 Å². The van der Waals surface area contributed by atoms with Crippen molar-refractivity contribution in [3.8, 4) is 17.1 Å². The summed E-state index contributed by atoms with van der Waals surface area (Å²) in [5.41, 5.74) is 1.40. The summed E-state index contributed by atoms with van der Waals surface area (Å²) in [6.07, 6.45) is 0.0953. The minimum atomic E-state index is -0.429. The highest BCUT2D eigenvalue weighted by Gasteiger charge is 2.14. The Morgan fingerprint density at radius 2 is 1.80 bits per heavy atom. The molecule has 0 aliphatic heterocycles. The van der Waals surface area contributed by atoms with Crippen LogP contribution in [0.25, 0.3) is 11.3 Å². The molecule has 0 bridgehead atoms. The minimum Gasteiger partial charge on any atom is -0.491 e. The first-order valence-electron chi connectivity index (χ1n) is 7.82. The molecule has 128 valence electrons. The van der Waals surface area contributed by atoms with Gasteiger partial charge in [-0.3, -0.25) is 4.79 Å². The molecule has 0 spiro atoms. The summed E-state index contributed by atoms with van der Waals surface area (Å²) < 4.78 is 23.7. The number of benzene rings is 2. The fourth-order valence-electron chi connectivity index (χ4n) is 2.22. The van der Waals surface area contributed by atoms with Crippen molar-refractivity contribution < 1.29 is 18.4 Å². The van der Waals surface area contributed by atoms with E-state index in [1.807, 2.05) is 38.1 Å². The van der Waals surface area contributed by atoms with Crippen molar-refractivity contribution in [2.75, 3.05) is 5.32 Å². The van der Waals surface area contributed by atoms with Gasteiger partial charge in [-0.1, -0.05) is 5.16 Å². The molecule has 0 aliphatic carbocycles. The molecular weight excluding hydrogens is 323 g/mol. The largest absolute Gasteiger partial charge is 0.491 e. The lowest BCUT2D eigenvalue weighted by Crippen LogP contribution is -2.12. The zero-order chi connectivity index (χ0) is 17.8. The van der Waals surface area contributed by atoms with E-state index in [0.29, 0.717) is 11.4 Å². The maximum absolute atomic E-state index is 12.9. The van der Waals surface area contributed by atoms with Crippen LogP contribution in [0.15, 0.2) is 59.1 Å². The molecule has 0 atom stereocenters. The van der Waals surface area contributed by atoms with E-state index in [4.69, 9.17) is 9.26 Å². The van der Waals surface area contributed by atoms with Crippen LogP contribution in [0.4, 0.5) is 10.1 Å². The average Bonchev–Trinajstić information content (AvgIpc) is 3.07. The van der Waals surface area contributed by atoms with Crippen molar-refractivity contribution >= 4 is 11.6 Å². The predicted molar refractivity (Wildman–Crippen MR) is 92.1 cm³/mol. The SMILES string of the molecule is CC(C)Oc1ccc(-c2cc(C(=O)Nc3ccc(F)cc3)no2)cc1. The summed E-state index contributed by atoms with van der Waals surface area (Å²) in [5.74, 6) is 0.431. The topological polar surface area (TPSA) is 64.4 Å². The zero-order valence-electron chi connectivity index (χ0n) is 13.8. The Morgan fingerprint density at radius 3 is 2.44 bits per heavy atom. The standard InChI is InChI=1S/C19H17FN2O3/c1-12(2)24-16-9-3-13(4-10-16)18-11-17(22-25-18)19(23)21-15-7-5-14(20)6-8-15/h3-12H,1-2H3,(H,21,23). The number of anilines is 1. The van der Waals surface area contributed by atoms with E-state index in [-0.39, 0.29) is 17.6 Å². The molecule has 3 aromatic rings. The molecule has 0 radical (unpaired) electrons. The number of amides is 1. The number of nitrogens with one attached hydrogen (secondary N) is 1. The summed E-state index contributed by atoms with van der Waals surface area (Å²) >= 11 is 0. The van der Waals surface area contributed by atoms with Crippen molar-refractivity contribution in [2.45, 2.75) is 20.0 Å². The second-order valence-electron chi connectivity index (χ2n) is 5.73. The Hall–Kier alpha value is -3.15. The number of carbonyl (C=O) groups is 1. The monoisotopic (exact) mass is 340 g/mol. The molecule has 0 saturated carbocycles. The van der Waals surface area contributed by atoms with E-state index in [2.05, 4.69) is 10.5 Å².